The van der Waals surface area contributed by atoms with Crippen LogP contribution in [0.4, 0.5) is 4.79 Å². The van der Waals surface area contributed by atoms with Gasteiger partial charge in [0.1, 0.15) is 16.9 Å². The number of aromatic nitrogens is 2. The first-order valence-electron chi connectivity index (χ1n) is 9.37. The Hall–Kier alpha value is -2.75. The second kappa shape index (κ2) is 7.01. The largest absolute Gasteiger partial charge is 0.344 e. The highest BCUT2D eigenvalue weighted by Gasteiger charge is 2.52. The minimum absolute atomic E-state index is 0.322. The van der Waals surface area contributed by atoms with Crippen molar-refractivity contribution in [2.24, 2.45) is 0 Å². The van der Waals surface area contributed by atoms with Crippen LogP contribution in [0.1, 0.15) is 43.9 Å². The zero-order valence-electron chi connectivity index (χ0n) is 15.5. The minimum atomic E-state index is -0.910. The smallest absolute Gasteiger partial charge is 0.322 e. The van der Waals surface area contributed by atoms with Crippen LogP contribution in [0.5, 0.6) is 0 Å². The number of hydrazine groups is 1. The summed E-state index contributed by atoms with van der Waals surface area (Å²) >= 11 is 1.45. The van der Waals surface area contributed by atoms with Crippen LogP contribution < -0.4 is 16.3 Å². The SMILES string of the molecule is CCc1cc2c(=O)n(CC(=O)NN3C(=O)NC4(CCCCC4)C3=O)cnc2s1. The van der Waals surface area contributed by atoms with Gasteiger partial charge in [-0.25, -0.2) is 9.78 Å². The van der Waals surface area contributed by atoms with Crippen molar-refractivity contribution >= 4 is 39.4 Å². The molecule has 0 unspecified atom stereocenters. The molecule has 2 fully saturated rings. The predicted octanol–water partition coefficient (Wildman–Crippen LogP) is 1.31. The topological polar surface area (TPSA) is 113 Å². The number of nitrogens with one attached hydrogen (secondary N) is 2. The molecule has 2 aromatic heterocycles. The molecule has 1 saturated carbocycles. The maximum atomic E-state index is 12.7. The second-order valence-corrected chi connectivity index (χ2v) is 8.33. The zero-order valence-corrected chi connectivity index (χ0v) is 16.3. The first-order chi connectivity index (χ1) is 13.4. The van der Waals surface area contributed by atoms with Crippen molar-refractivity contribution in [1.82, 2.24) is 25.3 Å². The summed E-state index contributed by atoms with van der Waals surface area (Å²) in [5, 5.41) is 3.93. The van der Waals surface area contributed by atoms with E-state index in [9.17, 15) is 19.2 Å². The molecule has 0 aromatic carbocycles. The van der Waals surface area contributed by atoms with Crippen molar-refractivity contribution in [3.8, 4) is 0 Å². The fourth-order valence-corrected chi connectivity index (χ4v) is 4.75. The molecule has 1 aliphatic carbocycles. The molecular weight excluding hydrogens is 382 g/mol. The molecule has 28 heavy (non-hydrogen) atoms. The summed E-state index contributed by atoms with van der Waals surface area (Å²) in [7, 11) is 0. The van der Waals surface area contributed by atoms with Gasteiger partial charge < -0.3 is 5.32 Å². The summed E-state index contributed by atoms with van der Waals surface area (Å²) in [6, 6.07) is 1.15. The third-order valence-corrected chi connectivity index (χ3v) is 6.52. The Bertz CT molecular complexity index is 1020. The number of thiophene rings is 1. The number of carbonyl (C=O) groups is 3. The maximum Gasteiger partial charge on any atom is 0.344 e. The molecule has 0 radical (unpaired) electrons. The van der Waals surface area contributed by atoms with Crippen LogP contribution in [-0.2, 0) is 22.6 Å². The molecular formula is C18H21N5O4S. The molecule has 2 N–H and O–H groups in total. The number of hydrogen-bond donors (Lipinski definition) is 2. The van der Waals surface area contributed by atoms with Crippen LogP contribution in [0.2, 0.25) is 0 Å². The van der Waals surface area contributed by atoms with E-state index in [0.717, 1.165) is 35.6 Å². The van der Waals surface area contributed by atoms with E-state index in [1.165, 1.54) is 22.2 Å². The summed E-state index contributed by atoms with van der Waals surface area (Å²) in [4.78, 5) is 55.8. The Morgan fingerprint density at radius 1 is 1.29 bits per heavy atom. The highest BCUT2D eigenvalue weighted by atomic mass is 32.1. The van der Waals surface area contributed by atoms with Crippen LogP contribution in [0.3, 0.4) is 0 Å². The van der Waals surface area contributed by atoms with E-state index in [0.29, 0.717) is 23.1 Å². The summed E-state index contributed by atoms with van der Waals surface area (Å²) in [6.45, 7) is 1.66. The van der Waals surface area contributed by atoms with Crippen molar-refractivity contribution in [3.05, 3.63) is 27.6 Å². The van der Waals surface area contributed by atoms with Crippen molar-refractivity contribution in [3.63, 3.8) is 0 Å². The lowest BCUT2D eigenvalue weighted by Crippen LogP contribution is -2.51. The third-order valence-electron chi connectivity index (χ3n) is 5.34. The van der Waals surface area contributed by atoms with Crippen molar-refractivity contribution < 1.29 is 14.4 Å². The lowest BCUT2D eigenvalue weighted by molar-refractivity contribution is -0.140. The Morgan fingerprint density at radius 2 is 2.04 bits per heavy atom. The van der Waals surface area contributed by atoms with Gasteiger partial charge in [0.2, 0.25) is 0 Å². The molecule has 10 heteroatoms. The Balaban J connectivity index is 1.49. The van der Waals surface area contributed by atoms with E-state index in [-0.39, 0.29) is 12.1 Å². The predicted molar refractivity (Wildman–Crippen MR) is 103 cm³/mol. The first-order valence-corrected chi connectivity index (χ1v) is 10.2. The number of nitrogens with zero attached hydrogens (tertiary/aromatic N) is 3. The summed E-state index contributed by atoms with van der Waals surface area (Å²) < 4.78 is 1.18. The van der Waals surface area contributed by atoms with Gasteiger partial charge in [-0.2, -0.15) is 5.01 Å². The maximum absolute atomic E-state index is 12.7. The number of imide groups is 1. The van der Waals surface area contributed by atoms with Crippen LogP contribution in [0.15, 0.2) is 17.2 Å². The fourth-order valence-electron chi connectivity index (χ4n) is 3.83. The molecule has 4 rings (SSSR count). The molecule has 0 atom stereocenters. The normalized spacial score (nSPS) is 18.7. The highest BCUT2D eigenvalue weighted by Crippen LogP contribution is 2.33. The number of urea groups is 1. The average Bonchev–Trinajstić information content (AvgIpc) is 3.20. The van der Waals surface area contributed by atoms with E-state index in [1.54, 1.807) is 6.07 Å². The van der Waals surface area contributed by atoms with Crippen LogP contribution in [-0.4, -0.2) is 37.9 Å². The lowest BCUT2D eigenvalue weighted by atomic mass is 9.82. The fraction of sp³-hybridized carbons (Fsp3) is 0.500. The summed E-state index contributed by atoms with van der Waals surface area (Å²) in [5.41, 5.74) is 1.11. The molecule has 0 bridgehead atoms. The number of hydrogen-bond acceptors (Lipinski definition) is 6. The quantitative estimate of drug-likeness (QED) is 0.747. The molecule has 1 spiro atoms. The summed E-state index contributed by atoms with van der Waals surface area (Å²) in [6.07, 6.45) is 6.00. The van der Waals surface area contributed by atoms with Gasteiger partial charge in [0.15, 0.2) is 0 Å². The van der Waals surface area contributed by atoms with Crippen LogP contribution >= 0.6 is 11.3 Å². The Kier molecular flexibility index (Phi) is 4.66. The molecule has 148 valence electrons. The number of aryl methyl sites for hydroxylation is 1. The standard InChI is InChI=1S/C18H21N5O4S/c1-2-11-8-12-14(28-11)19-10-22(15(12)25)9-13(24)21-23-16(26)18(20-17(23)27)6-4-3-5-7-18/h8,10H,2-7,9H2,1H3,(H,20,27)(H,21,24). The molecule has 3 heterocycles. The van der Waals surface area contributed by atoms with Gasteiger partial charge in [0.05, 0.1) is 11.7 Å². The first kappa shape index (κ1) is 18.6. The number of fused-ring (bicyclic) bond motifs is 1. The minimum Gasteiger partial charge on any atom is -0.322 e. The number of carbonyl (C=O) groups excluding carboxylic acids is 3. The Labute approximate surface area is 164 Å². The summed E-state index contributed by atoms with van der Waals surface area (Å²) in [5.74, 6) is -1.07. The van der Waals surface area contributed by atoms with Crippen LogP contribution in [0, 0.1) is 0 Å². The molecule has 1 aliphatic heterocycles. The van der Waals surface area contributed by atoms with Gasteiger partial charge in [0, 0.05) is 4.88 Å². The van der Waals surface area contributed by atoms with Gasteiger partial charge in [-0.1, -0.05) is 26.2 Å². The average molecular weight is 403 g/mol. The lowest BCUT2D eigenvalue weighted by Gasteiger charge is -2.30. The molecule has 1 saturated heterocycles. The van der Waals surface area contributed by atoms with E-state index in [2.05, 4.69) is 15.7 Å². The van der Waals surface area contributed by atoms with E-state index < -0.39 is 23.4 Å². The van der Waals surface area contributed by atoms with Crippen LogP contribution in [0.25, 0.3) is 10.2 Å². The molecule has 2 aliphatic rings. The van der Waals surface area contributed by atoms with Gasteiger partial charge in [-0.05, 0) is 25.3 Å². The van der Waals surface area contributed by atoms with Gasteiger partial charge in [-0.3, -0.25) is 24.4 Å². The molecule has 2 aromatic rings. The zero-order chi connectivity index (χ0) is 19.9. The van der Waals surface area contributed by atoms with Gasteiger partial charge in [0.25, 0.3) is 17.4 Å². The third kappa shape index (κ3) is 3.07. The van der Waals surface area contributed by atoms with E-state index >= 15 is 0 Å². The van der Waals surface area contributed by atoms with E-state index in [4.69, 9.17) is 0 Å². The van der Waals surface area contributed by atoms with Gasteiger partial charge in [-0.15, -0.1) is 11.3 Å². The van der Waals surface area contributed by atoms with Crippen molar-refractivity contribution in [2.45, 2.75) is 57.5 Å². The monoisotopic (exact) mass is 403 g/mol. The molecule has 9 nitrogen and oxygen atoms in total. The highest BCUT2D eigenvalue weighted by molar-refractivity contribution is 7.18. The van der Waals surface area contributed by atoms with Crippen molar-refractivity contribution in [2.75, 3.05) is 0 Å². The Morgan fingerprint density at radius 3 is 2.75 bits per heavy atom. The van der Waals surface area contributed by atoms with E-state index in [1.807, 2.05) is 6.92 Å². The number of amides is 4. The number of rotatable bonds is 4. The molecule has 4 amide bonds. The van der Waals surface area contributed by atoms with Crippen molar-refractivity contribution in [1.29, 1.82) is 0 Å². The van der Waals surface area contributed by atoms with Gasteiger partial charge >= 0.3 is 6.03 Å². The second-order valence-electron chi connectivity index (χ2n) is 7.21.